The van der Waals surface area contributed by atoms with Gasteiger partial charge in [-0.2, -0.15) is 0 Å². The van der Waals surface area contributed by atoms with E-state index in [1.165, 1.54) is 0 Å². The van der Waals surface area contributed by atoms with E-state index in [1.54, 1.807) is 0 Å². The van der Waals surface area contributed by atoms with Gasteiger partial charge in [0.05, 0.1) is 0 Å². The number of benzene rings is 1. The van der Waals surface area contributed by atoms with Crippen LogP contribution in [0.4, 0.5) is 11.4 Å². The van der Waals surface area contributed by atoms with Gasteiger partial charge in [0.2, 0.25) is 5.91 Å². The number of hydrogen-bond acceptors (Lipinski definition) is 2. The molecule has 1 unspecified atom stereocenters. The number of carbonyl (C=O) groups excluding carboxylic acids is 1. The predicted octanol–water partition coefficient (Wildman–Crippen LogP) is 3.06. The number of rotatable bonds is 4. The molecule has 98 valence electrons. The van der Waals surface area contributed by atoms with Gasteiger partial charge in [0.1, 0.15) is 0 Å². The molecule has 0 saturated heterocycles. The Morgan fingerprint density at radius 2 is 1.94 bits per heavy atom. The van der Waals surface area contributed by atoms with E-state index in [0.29, 0.717) is 0 Å². The zero-order chi connectivity index (χ0) is 13.3. The molecule has 0 aromatic heterocycles. The lowest BCUT2D eigenvalue weighted by Gasteiger charge is -2.23. The van der Waals surface area contributed by atoms with Gasteiger partial charge in [-0.25, -0.2) is 0 Å². The molecule has 1 saturated carbocycles. The zero-order valence-corrected chi connectivity index (χ0v) is 11.4. The normalized spacial score (nSPS) is 20.5. The Labute approximate surface area is 109 Å². The molecule has 0 bridgehead atoms. The summed E-state index contributed by atoms with van der Waals surface area (Å²) in [5, 5.41) is 0. The molecule has 1 amide bonds. The number of carbonyl (C=O) groups is 1. The van der Waals surface area contributed by atoms with Crippen molar-refractivity contribution in [2.75, 3.05) is 17.2 Å². The molecule has 1 atom stereocenters. The maximum absolute atomic E-state index is 12.5. The molecule has 1 aromatic carbocycles. The van der Waals surface area contributed by atoms with Gasteiger partial charge in [0.25, 0.3) is 0 Å². The Kier molecular flexibility index (Phi) is 3.33. The molecule has 2 N–H and O–H groups in total. The molecular weight excluding hydrogens is 224 g/mol. The summed E-state index contributed by atoms with van der Waals surface area (Å²) in [7, 11) is 0. The fourth-order valence-electron chi connectivity index (χ4n) is 2.32. The second kappa shape index (κ2) is 4.63. The summed E-state index contributed by atoms with van der Waals surface area (Å²) >= 11 is 0. The number of nitrogens with zero attached hydrogens (tertiary/aromatic N) is 1. The van der Waals surface area contributed by atoms with Crippen molar-refractivity contribution in [1.29, 1.82) is 0 Å². The summed E-state index contributed by atoms with van der Waals surface area (Å²) in [4.78, 5) is 14.4. The van der Waals surface area contributed by atoms with E-state index in [4.69, 9.17) is 5.73 Å². The second-order valence-corrected chi connectivity index (χ2v) is 5.83. The number of nitrogens with two attached hydrogens (primary N) is 1. The minimum atomic E-state index is 0.177. The summed E-state index contributed by atoms with van der Waals surface area (Å²) in [5.74, 6) is 0.438. The molecule has 3 nitrogen and oxygen atoms in total. The summed E-state index contributed by atoms with van der Waals surface area (Å²) in [6.07, 6.45) is 1.96. The van der Waals surface area contributed by atoms with Gasteiger partial charge in [-0.05, 0) is 42.5 Å². The van der Waals surface area contributed by atoms with Gasteiger partial charge in [0.15, 0.2) is 0 Å². The molecule has 0 heterocycles. The third-order valence-electron chi connectivity index (χ3n) is 3.73. The lowest BCUT2D eigenvalue weighted by atomic mass is 10.1. The number of anilines is 2. The predicted molar refractivity (Wildman–Crippen MR) is 75.4 cm³/mol. The Hall–Kier alpha value is -1.51. The highest BCUT2D eigenvalue weighted by Gasteiger charge is 2.52. The number of amides is 1. The average Bonchev–Trinajstić information content (AvgIpc) is 2.96. The largest absolute Gasteiger partial charge is 0.399 e. The van der Waals surface area contributed by atoms with Gasteiger partial charge in [-0.1, -0.05) is 20.8 Å². The van der Waals surface area contributed by atoms with Crippen LogP contribution in [0.5, 0.6) is 0 Å². The lowest BCUT2D eigenvalue weighted by molar-refractivity contribution is -0.120. The average molecular weight is 246 g/mol. The van der Waals surface area contributed by atoms with E-state index >= 15 is 0 Å². The summed E-state index contributed by atoms with van der Waals surface area (Å²) in [6.45, 7) is 7.18. The van der Waals surface area contributed by atoms with E-state index in [-0.39, 0.29) is 17.2 Å². The Morgan fingerprint density at radius 1 is 1.39 bits per heavy atom. The van der Waals surface area contributed by atoms with Crippen LogP contribution in [0.3, 0.4) is 0 Å². The van der Waals surface area contributed by atoms with Gasteiger partial charge < -0.3 is 10.6 Å². The number of hydrogen-bond donors (Lipinski definition) is 1. The Balaban J connectivity index is 2.18. The standard InChI is InChI=1S/C15H22N2O/c1-4-9-17(12-7-5-11(16)6-8-12)14(18)13-10-15(13,2)3/h5-8,13H,4,9-10,16H2,1-3H3. The van der Waals surface area contributed by atoms with Crippen LogP contribution in [0.25, 0.3) is 0 Å². The van der Waals surface area contributed by atoms with Crippen molar-refractivity contribution in [2.24, 2.45) is 11.3 Å². The first-order valence-corrected chi connectivity index (χ1v) is 6.62. The SMILES string of the molecule is CCCN(C(=O)C1CC1(C)C)c1ccc(N)cc1. The maximum atomic E-state index is 12.5. The molecule has 1 aliphatic carbocycles. The van der Waals surface area contributed by atoms with Crippen LogP contribution < -0.4 is 10.6 Å². The van der Waals surface area contributed by atoms with Crippen molar-refractivity contribution in [3.05, 3.63) is 24.3 Å². The minimum Gasteiger partial charge on any atom is -0.399 e. The van der Waals surface area contributed by atoms with Crippen molar-refractivity contribution >= 4 is 17.3 Å². The third kappa shape index (κ3) is 2.50. The summed E-state index contributed by atoms with van der Waals surface area (Å²) < 4.78 is 0. The highest BCUT2D eigenvalue weighted by Crippen LogP contribution is 2.52. The van der Waals surface area contributed by atoms with Crippen LogP contribution in [-0.2, 0) is 4.79 Å². The van der Waals surface area contributed by atoms with Crippen LogP contribution in [0.2, 0.25) is 0 Å². The van der Waals surface area contributed by atoms with Crippen LogP contribution in [0.15, 0.2) is 24.3 Å². The first kappa shape index (κ1) is 12.9. The van der Waals surface area contributed by atoms with Crippen molar-refractivity contribution in [1.82, 2.24) is 0 Å². The van der Waals surface area contributed by atoms with Crippen LogP contribution in [-0.4, -0.2) is 12.5 Å². The second-order valence-electron chi connectivity index (χ2n) is 5.83. The molecule has 1 fully saturated rings. The first-order chi connectivity index (χ1) is 8.45. The van der Waals surface area contributed by atoms with Crippen LogP contribution >= 0.6 is 0 Å². The minimum absolute atomic E-state index is 0.177. The van der Waals surface area contributed by atoms with E-state index in [1.807, 2.05) is 29.2 Å². The van der Waals surface area contributed by atoms with Crippen molar-refractivity contribution in [3.63, 3.8) is 0 Å². The first-order valence-electron chi connectivity index (χ1n) is 6.62. The van der Waals surface area contributed by atoms with E-state index < -0.39 is 0 Å². The summed E-state index contributed by atoms with van der Waals surface area (Å²) in [6, 6.07) is 7.56. The molecule has 1 aliphatic rings. The number of nitrogen functional groups attached to an aromatic ring is 1. The molecule has 0 spiro atoms. The Bertz CT molecular complexity index is 436. The lowest BCUT2D eigenvalue weighted by Crippen LogP contribution is -2.34. The smallest absolute Gasteiger partial charge is 0.230 e. The monoisotopic (exact) mass is 246 g/mol. The van der Waals surface area contributed by atoms with Gasteiger partial charge >= 0.3 is 0 Å². The van der Waals surface area contributed by atoms with Gasteiger partial charge in [0, 0.05) is 23.8 Å². The zero-order valence-electron chi connectivity index (χ0n) is 11.4. The fraction of sp³-hybridized carbons (Fsp3) is 0.533. The maximum Gasteiger partial charge on any atom is 0.230 e. The van der Waals surface area contributed by atoms with Gasteiger partial charge in [-0.3, -0.25) is 4.79 Å². The van der Waals surface area contributed by atoms with Crippen molar-refractivity contribution < 1.29 is 4.79 Å². The Morgan fingerprint density at radius 3 is 2.39 bits per heavy atom. The quantitative estimate of drug-likeness (QED) is 0.830. The van der Waals surface area contributed by atoms with E-state index in [0.717, 1.165) is 30.8 Å². The molecule has 3 heteroatoms. The fourth-order valence-corrected chi connectivity index (χ4v) is 2.32. The molecular formula is C15H22N2O. The molecule has 2 rings (SSSR count). The van der Waals surface area contributed by atoms with Crippen LogP contribution in [0.1, 0.15) is 33.6 Å². The molecule has 1 aromatic rings. The summed E-state index contributed by atoms with van der Waals surface area (Å²) in [5.41, 5.74) is 7.55. The topological polar surface area (TPSA) is 46.3 Å². The van der Waals surface area contributed by atoms with Crippen molar-refractivity contribution in [2.45, 2.75) is 33.6 Å². The van der Waals surface area contributed by atoms with Crippen molar-refractivity contribution in [3.8, 4) is 0 Å². The van der Waals surface area contributed by atoms with E-state index in [9.17, 15) is 4.79 Å². The highest BCUT2D eigenvalue weighted by molar-refractivity contribution is 5.97. The molecule has 0 aliphatic heterocycles. The van der Waals surface area contributed by atoms with E-state index in [2.05, 4.69) is 20.8 Å². The van der Waals surface area contributed by atoms with Gasteiger partial charge in [-0.15, -0.1) is 0 Å². The van der Waals surface area contributed by atoms with Crippen LogP contribution in [0, 0.1) is 11.3 Å². The molecule has 0 radical (unpaired) electrons. The third-order valence-corrected chi connectivity index (χ3v) is 3.73. The highest BCUT2D eigenvalue weighted by atomic mass is 16.2. The molecule has 18 heavy (non-hydrogen) atoms.